The first-order chi connectivity index (χ1) is 11.5. The van der Waals surface area contributed by atoms with E-state index in [9.17, 15) is 18.8 Å². The van der Waals surface area contributed by atoms with Crippen LogP contribution in [-0.4, -0.2) is 28.4 Å². The molecule has 1 saturated carbocycles. The molecule has 1 aromatic carbocycles. The Morgan fingerprint density at radius 3 is 2.71 bits per heavy atom. The van der Waals surface area contributed by atoms with E-state index in [1.165, 1.54) is 24.3 Å². The van der Waals surface area contributed by atoms with Crippen molar-refractivity contribution in [1.29, 1.82) is 0 Å². The number of amides is 4. The second kappa shape index (κ2) is 6.43. The monoisotopic (exact) mass is 331 g/mol. The third-order valence-corrected chi connectivity index (χ3v) is 4.37. The molecule has 1 aliphatic heterocycles. The molecule has 1 aromatic rings. The highest BCUT2D eigenvalue weighted by atomic mass is 19.1. The SMILES string of the molecule is O=C(/C=C/c1cccc(F)c1)NN1C(=O)NC2(CCCCC2)C1=O. The number of imide groups is 1. The van der Waals surface area contributed by atoms with E-state index in [4.69, 9.17) is 0 Å². The van der Waals surface area contributed by atoms with Gasteiger partial charge < -0.3 is 5.32 Å². The zero-order valence-electron chi connectivity index (χ0n) is 13.0. The average Bonchev–Trinajstić information content (AvgIpc) is 2.78. The molecule has 0 unspecified atom stereocenters. The Labute approximate surface area is 138 Å². The van der Waals surface area contributed by atoms with Gasteiger partial charge in [0.05, 0.1) is 0 Å². The highest BCUT2D eigenvalue weighted by molar-refractivity contribution is 6.08. The molecule has 1 aliphatic carbocycles. The molecule has 0 radical (unpaired) electrons. The Balaban J connectivity index is 1.66. The summed E-state index contributed by atoms with van der Waals surface area (Å²) in [5, 5.41) is 3.44. The number of nitrogens with zero attached hydrogens (tertiary/aromatic N) is 1. The Kier molecular flexibility index (Phi) is 4.33. The Hall–Kier alpha value is -2.70. The molecule has 0 aromatic heterocycles. The quantitative estimate of drug-likeness (QED) is 0.658. The summed E-state index contributed by atoms with van der Waals surface area (Å²) in [5.74, 6) is -1.46. The van der Waals surface area contributed by atoms with Crippen LogP contribution in [0.1, 0.15) is 37.7 Å². The second-order valence-electron chi connectivity index (χ2n) is 6.08. The molecule has 0 bridgehead atoms. The van der Waals surface area contributed by atoms with Gasteiger partial charge in [-0.25, -0.2) is 9.18 Å². The number of nitrogens with one attached hydrogen (secondary N) is 2. The summed E-state index contributed by atoms with van der Waals surface area (Å²) in [7, 11) is 0. The molecule has 1 spiro atoms. The van der Waals surface area contributed by atoms with Crippen molar-refractivity contribution in [3.8, 4) is 0 Å². The number of urea groups is 1. The van der Waals surface area contributed by atoms with Crippen molar-refractivity contribution >= 4 is 23.9 Å². The smallest absolute Gasteiger partial charge is 0.322 e. The number of rotatable bonds is 3. The van der Waals surface area contributed by atoms with Crippen LogP contribution in [0, 0.1) is 5.82 Å². The van der Waals surface area contributed by atoms with Gasteiger partial charge in [0, 0.05) is 6.08 Å². The van der Waals surface area contributed by atoms with Crippen molar-refractivity contribution in [1.82, 2.24) is 15.8 Å². The van der Waals surface area contributed by atoms with E-state index in [1.807, 2.05) is 0 Å². The highest BCUT2D eigenvalue weighted by Gasteiger charge is 2.52. The van der Waals surface area contributed by atoms with Crippen molar-refractivity contribution in [2.24, 2.45) is 0 Å². The van der Waals surface area contributed by atoms with Gasteiger partial charge in [0.2, 0.25) is 0 Å². The van der Waals surface area contributed by atoms with Crippen LogP contribution in [-0.2, 0) is 9.59 Å². The number of carbonyl (C=O) groups is 3. The molecule has 7 heteroatoms. The largest absolute Gasteiger partial charge is 0.344 e. The molecule has 0 atom stereocenters. The predicted molar refractivity (Wildman–Crippen MR) is 84.8 cm³/mol. The molecule has 2 fully saturated rings. The first kappa shape index (κ1) is 16.2. The lowest BCUT2D eigenvalue weighted by Crippen LogP contribution is -2.50. The summed E-state index contributed by atoms with van der Waals surface area (Å²) in [5.41, 5.74) is 1.91. The third kappa shape index (κ3) is 3.15. The van der Waals surface area contributed by atoms with E-state index >= 15 is 0 Å². The van der Waals surface area contributed by atoms with Gasteiger partial charge >= 0.3 is 6.03 Å². The van der Waals surface area contributed by atoms with Gasteiger partial charge in [-0.1, -0.05) is 31.4 Å². The number of hydrogen-bond acceptors (Lipinski definition) is 3. The predicted octanol–water partition coefficient (Wildman–Crippen LogP) is 2.12. The summed E-state index contributed by atoms with van der Waals surface area (Å²) in [4.78, 5) is 36.5. The van der Waals surface area contributed by atoms with Gasteiger partial charge in [-0.15, -0.1) is 0 Å². The van der Waals surface area contributed by atoms with Crippen LogP contribution in [0.25, 0.3) is 6.08 Å². The van der Waals surface area contributed by atoms with E-state index < -0.39 is 29.2 Å². The van der Waals surface area contributed by atoms with E-state index in [0.29, 0.717) is 18.4 Å². The first-order valence-electron chi connectivity index (χ1n) is 7.91. The summed E-state index contributed by atoms with van der Waals surface area (Å²) in [6.45, 7) is 0. The number of hydrazine groups is 1. The lowest BCUT2D eigenvalue weighted by atomic mass is 9.82. The lowest BCUT2D eigenvalue weighted by Gasteiger charge is -2.30. The lowest BCUT2D eigenvalue weighted by molar-refractivity contribution is -0.138. The van der Waals surface area contributed by atoms with Crippen LogP contribution >= 0.6 is 0 Å². The number of hydrogen-bond donors (Lipinski definition) is 2. The Morgan fingerprint density at radius 2 is 2.00 bits per heavy atom. The van der Waals surface area contributed by atoms with Crippen LogP contribution in [0.4, 0.5) is 9.18 Å². The van der Waals surface area contributed by atoms with E-state index in [2.05, 4.69) is 10.7 Å². The number of carbonyl (C=O) groups excluding carboxylic acids is 3. The van der Waals surface area contributed by atoms with Gasteiger partial charge in [-0.05, 0) is 36.6 Å². The van der Waals surface area contributed by atoms with Crippen molar-refractivity contribution < 1.29 is 18.8 Å². The van der Waals surface area contributed by atoms with Crippen LogP contribution < -0.4 is 10.7 Å². The number of halogens is 1. The van der Waals surface area contributed by atoms with Gasteiger partial charge in [0.15, 0.2) is 0 Å². The Morgan fingerprint density at radius 1 is 1.25 bits per heavy atom. The van der Waals surface area contributed by atoms with Crippen molar-refractivity contribution in [2.75, 3.05) is 0 Å². The van der Waals surface area contributed by atoms with Gasteiger partial charge in [0.1, 0.15) is 11.4 Å². The molecular weight excluding hydrogens is 313 g/mol. The van der Waals surface area contributed by atoms with Crippen LogP contribution in [0.3, 0.4) is 0 Å². The minimum Gasteiger partial charge on any atom is -0.322 e. The van der Waals surface area contributed by atoms with E-state index in [1.54, 1.807) is 6.07 Å². The van der Waals surface area contributed by atoms with Crippen LogP contribution in [0.15, 0.2) is 30.3 Å². The molecule has 2 N–H and O–H groups in total. The summed E-state index contributed by atoms with van der Waals surface area (Å²) >= 11 is 0. The Bertz CT molecular complexity index is 711. The zero-order chi connectivity index (χ0) is 17.2. The fourth-order valence-electron chi connectivity index (χ4n) is 3.15. The van der Waals surface area contributed by atoms with Crippen molar-refractivity contribution in [2.45, 2.75) is 37.6 Å². The third-order valence-electron chi connectivity index (χ3n) is 4.37. The van der Waals surface area contributed by atoms with Crippen molar-refractivity contribution in [3.63, 3.8) is 0 Å². The molecule has 126 valence electrons. The minimum absolute atomic E-state index is 0.411. The minimum atomic E-state index is -0.880. The molecule has 4 amide bonds. The zero-order valence-corrected chi connectivity index (χ0v) is 13.0. The maximum Gasteiger partial charge on any atom is 0.344 e. The highest BCUT2D eigenvalue weighted by Crippen LogP contribution is 2.32. The maximum absolute atomic E-state index is 13.1. The van der Waals surface area contributed by atoms with Crippen LogP contribution in [0.2, 0.25) is 0 Å². The fourth-order valence-corrected chi connectivity index (χ4v) is 3.15. The molecule has 6 nitrogen and oxygen atoms in total. The second-order valence-corrected chi connectivity index (χ2v) is 6.08. The van der Waals surface area contributed by atoms with E-state index in [-0.39, 0.29) is 0 Å². The molecular formula is C17H18FN3O3. The summed E-state index contributed by atoms with van der Waals surface area (Å²) in [6.07, 6.45) is 6.51. The topological polar surface area (TPSA) is 78.5 Å². The molecule has 1 heterocycles. The standard InChI is InChI=1S/C17H18FN3O3/c18-13-6-4-5-12(11-13)7-8-14(22)20-21-15(23)17(19-16(21)24)9-2-1-3-10-17/h4-8,11H,1-3,9-10H2,(H,19,24)(H,20,22)/b8-7+. The first-order valence-corrected chi connectivity index (χ1v) is 7.91. The fraction of sp³-hybridized carbons (Fsp3) is 0.353. The summed E-state index contributed by atoms with van der Waals surface area (Å²) < 4.78 is 13.1. The normalized spacial score (nSPS) is 19.8. The van der Waals surface area contributed by atoms with Crippen LogP contribution in [0.5, 0.6) is 0 Å². The molecule has 3 rings (SSSR count). The molecule has 1 saturated heterocycles. The molecule has 24 heavy (non-hydrogen) atoms. The maximum atomic E-state index is 13.1. The van der Waals surface area contributed by atoms with Crippen molar-refractivity contribution in [3.05, 3.63) is 41.7 Å². The van der Waals surface area contributed by atoms with Gasteiger partial charge in [-0.2, -0.15) is 5.01 Å². The van der Waals surface area contributed by atoms with Gasteiger partial charge in [-0.3, -0.25) is 15.0 Å². The number of benzene rings is 1. The van der Waals surface area contributed by atoms with Gasteiger partial charge in [0.25, 0.3) is 11.8 Å². The average molecular weight is 331 g/mol. The van der Waals surface area contributed by atoms with E-state index in [0.717, 1.165) is 30.3 Å². The summed E-state index contributed by atoms with van der Waals surface area (Å²) in [6, 6.07) is 5.12. The molecule has 2 aliphatic rings.